The van der Waals surface area contributed by atoms with E-state index in [4.69, 9.17) is 4.74 Å². The Labute approximate surface area is 112 Å². The molecule has 3 nitrogen and oxygen atoms in total. The molecule has 0 aliphatic rings. The Morgan fingerprint density at radius 1 is 1.33 bits per heavy atom. The van der Waals surface area contributed by atoms with E-state index < -0.39 is 10.8 Å². The van der Waals surface area contributed by atoms with E-state index in [1.54, 1.807) is 7.11 Å². The zero-order valence-electron chi connectivity index (χ0n) is 11.4. The fourth-order valence-electron chi connectivity index (χ4n) is 1.78. The lowest BCUT2D eigenvalue weighted by Crippen LogP contribution is -2.23. The van der Waals surface area contributed by atoms with Gasteiger partial charge in [0, 0.05) is 42.1 Å². The number of methoxy groups -OCH3 is 1. The van der Waals surface area contributed by atoms with Crippen molar-refractivity contribution in [3.05, 3.63) is 35.4 Å². The molecule has 102 valence electrons. The van der Waals surface area contributed by atoms with Crippen LogP contribution in [0.1, 0.15) is 23.6 Å². The number of hydrogen-bond acceptors (Lipinski definition) is 3. The molecule has 2 atom stereocenters. The lowest BCUT2D eigenvalue weighted by molar-refractivity contribution is 0.200. The van der Waals surface area contributed by atoms with Crippen molar-refractivity contribution in [2.45, 2.75) is 19.4 Å². The number of nitrogens with one attached hydrogen (secondary N) is 1. The highest BCUT2D eigenvalue weighted by molar-refractivity contribution is 7.85. The van der Waals surface area contributed by atoms with Gasteiger partial charge in [-0.05, 0) is 26.0 Å². The molecule has 0 aliphatic heterocycles. The summed E-state index contributed by atoms with van der Waals surface area (Å²) in [4.78, 5) is 0. The first-order valence-electron chi connectivity index (χ1n) is 6.25. The largest absolute Gasteiger partial charge is 0.385 e. The summed E-state index contributed by atoms with van der Waals surface area (Å²) >= 11 is 0. The molecular formula is C14H23NO2S. The van der Waals surface area contributed by atoms with Crippen molar-refractivity contribution >= 4 is 10.8 Å². The Morgan fingerprint density at radius 2 is 2.00 bits per heavy atom. The third-order valence-corrected chi connectivity index (χ3v) is 4.35. The molecule has 0 radical (unpaired) electrons. The van der Waals surface area contributed by atoms with Gasteiger partial charge in [0.25, 0.3) is 0 Å². The van der Waals surface area contributed by atoms with Crippen LogP contribution in [0.5, 0.6) is 0 Å². The van der Waals surface area contributed by atoms with Crippen molar-refractivity contribution in [2.24, 2.45) is 0 Å². The van der Waals surface area contributed by atoms with Crippen LogP contribution in [0.3, 0.4) is 0 Å². The summed E-state index contributed by atoms with van der Waals surface area (Å²) in [7, 11) is 2.79. The van der Waals surface area contributed by atoms with Crippen molar-refractivity contribution in [1.29, 1.82) is 0 Å². The Hall–Kier alpha value is -0.710. The SMILES string of the molecule is CNC(CS(=O)CCCOC)c1ccc(C)cc1. The lowest BCUT2D eigenvalue weighted by Gasteiger charge is -2.16. The van der Waals surface area contributed by atoms with E-state index >= 15 is 0 Å². The molecule has 18 heavy (non-hydrogen) atoms. The molecule has 0 fully saturated rings. The summed E-state index contributed by atoms with van der Waals surface area (Å²) < 4.78 is 16.9. The van der Waals surface area contributed by atoms with Gasteiger partial charge in [0.2, 0.25) is 0 Å². The van der Waals surface area contributed by atoms with E-state index in [9.17, 15) is 4.21 Å². The topological polar surface area (TPSA) is 38.3 Å². The van der Waals surface area contributed by atoms with Crippen molar-refractivity contribution in [3.63, 3.8) is 0 Å². The van der Waals surface area contributed by atoms with Crippen molar-refractivity contribution in [2.75, 3.05) is 32.3 Å². The number of rotatable bonds is 8. The molecule has 0 saturated heterocycles. The highest BCUT2D eigenvalue weighted by Gasteiger charge is 2.12. The number of hydrogen-bond donors (Lipinski definition) is 1. The maximum Gasteiger partial charge on any atom is 0.0471 e. The van der Waals surface area contributed by atoms with Gasteiger partial charge < -0.3 is 10.1 Å². The van der Waals surface area contributed by atoms with Crippen LogP contribution in [0.25, 0.3) is 0 Å². The molecule has 2 unspecified atom stereocenters. The highest BCUT2D eigenvalue weighted by Crippen LogP contribution is 2.15. The van der Waals surface area contributed by atoms with Crippen LogP contribution < -0.4 is 5.32 Å². The second kappa shape index (κ2) is 8.40. The van der Waals surface area contributed by atoms with Gasteiger partial charge in [-0.25, -0.2) is 0 Å². The van der Waals surface area contributed by atoms with Crippen LogP contribution in [0.4, 0.5) is 0 Å². The fraction of sp³-hybridized carbons (Fsp3) is 0.571. The van der Waals surface area contributed by atoms with Gasteiger partial charge in [-0.15, -0.1) is 0 Å². The molecule has 0 spiro atoms. The summed E-state index contributed by atoms with van der Waals surface area (Å²) in [5, 5.41) is 3.23. The van der Waals surface area contributed by atoms with E-state index in [-0.39, 0.29) is 6.04 Å². The third kappa shape index (κ3) is 5.29. The Bertz CT molecular complexity index is 365. The molecule has 0 bridgehead atoms. The molecule has 0 amide bonds. The highest BCUT2D eigenvalue weighted by atomic mass is 32.2. The second-order valence-corrected chi connectivity index (χ2v) is 6.03. The van der Waals surface area contributed by atoms with Crippen LogP contribution in [-0.4, -0.2) is 36.5 Å². The Balaban J connectivity index is 2.51. The van der Waals surface area contributed by atoms with Crippen LogP contribution in [0, 0.1) is 6.92 Å². The summed E-state index contributed by atoms with van der Waals surface area (Å²) in [6, 6.07) is 8.54. The standard InChI is InChI=1S/C14H23NO2S/c1-12-5-7-13(8-6-12)14(15-2)11-18(16)10-4-9-17-3/h5-8,14-15H,4,9-11H2,1-3H3. The fourth-order valence-corrected chi connectivity index (χ4v) is 3.12. The molecule has 1 aromatic carbocycles. The monoisotopic (exact) mass is 269 g/mol. The minimum Gasteiger partial charge on any atom is -0.385 e. The average molecular weight is 269 g/mol. The van der Waals surface area contributed by atoms with Crippen molar-refractivity contribution < 1.29 is 8.95 Å². The second-order valence-electron chi connectivity index (χ2n) is 4.41. The molecule has 0 saturated carbocycles. The van der Waals surface area contributed by atoms with E-state index in [2.05, 4.69) is 36.5 Å². The Morgan fingerprint density at radius 3 is 2.56 bits per heavy atom. The van der Waals surface area contributed by atoms with Gasteiger partial charge in [0.15, 0.2) is 0 Å². The molecule has 0 aromatic heterocycles. The Kier molecular flexibility index (Phi) is 7.16. The molecule has 0 aliphatic carbocycles. The number of ether oxygens (including phenoxy) is 1. The molecule has 4 heteroatoms. The lowest BCUT2D eigenvalue weighted by atomic mass is 10.1. The molecular weight excluding hydrogens is 246 g/mol. The first-order valence-corrected chi connectivity index (χ1v) is 7.74. The van der Waals surface area contributed by atoms with Crippen molar-refractivity contribution in [1.82, 2.24) is 5.32 Å². The minimum absolute atomic E-state index is 0.161. The van der Waals surface area contributed by atoms with E-state index in [1.165, 1.54) is 11.1 Å². The number of benzene rings is 1. The van der Waals surface area contributed by atoms with Crippen LogP contribution in [-0.2, 0) is 15.5 Å². The zero-order valence-corrected chi connectivity index (χ0v) is 12.3. The van der Waals surface area contributed by atoms with Gasteiger partial charge in [-0.3, -0.25) is 4.21 Å². The molecule has 1 N–H and O–H groups in total. The molecule has 0 heterocycles. The van der Waals surface area contributed by atoms with Crippen LogP contribution in [0.15, 0.2) is 24.3 Å². The molecule has 1 rings (SSSR count). The van der Waals surface area contributed by atoms with Gasteiger partial charge in [-0.1, -0.05) is 29.8 Å². The third-order valence-electron chi connectivity index (χ3n) is 2.90. The smallest absolute Gasteiger partial charge is 0.0471 e. The maximum atomic E-state index is 11.9. The summed E-state index contributed by atoms with van der Waals surface area (Å²) in [6.45, 7) is 2.75. The van der Waals surface area contributed by atoms with Crippen LogP contribution in [0.2, 0.25) is 0 Å². The van der Waals surface area contributed by atoms with Gasteiger partial charge in [0.05, 0.1) is 0 Å². The predicted octanol–water partition coefficient (Wildman–Crippen LogP) is 2.04. The van der Waals surface area contributed by atoms with E-state index in [0.717, 1.165) is 6.42 Å². The van der Waals surface area contributed by atoms with E-state index in [1.807, 2.05) is 7.05 Å². The normalized spacial score (nSPS) is 14.4. The maximum absolute atomic E-state index is 11.9. The van der Waals surface area contributed by atoms with E-state index in [0.29, 0.717) is 18.1 Å². The first kappa shape index (κ1) is 15.3. The number of aryl methyl sites for hydroxylation is 1. The van der Waals surface area contributed by atoms with Crippen molar-refractivity contribution in [3.8, 4) is 0 Å². The van der Waals surface area contributed by atoms with Gasteiger partial charge >= 0.3 is 0 Å². The first-order chi connectivity index (χ1) is 8.67. The quantitative estimate of drug-likeness (QED) is 0.734. The average Bonchev–Trinajstić information content (AvgIpc) is 2.37. The predicted molar refractivity (Wildman–Crippen MR) is 77.3 cm³/mol. The summed E-state index contributed by atoms with van der Waals surface area (Å²) in [6.07, 6.45) is 0.855. The molecule has 1 aromatic rings. The van der Waals surface area contributed by atoms with Gasteiger partial charge in [-0.2, -0.15) is 0 Å². The summed E-state index contributed by atoms with van der Waals surface area (Å²) in [5.41, 5.74) is 2.44. The summed E-state index contributed by atoms with van der Waals surface area (Å²) in [5.74, 6) is 1.36. The van der Waals surface area contributed by atoms with Gasteiger partial charge in [0.1, 0.15) is 0 Å². The van der Waals surface area contributed by atoms with Crippen LogP contribution >= 0.6 is 0 Å². The zero-order chi connectivity index (χ0) is 13.4. The minimum atomic E-state index is -0.800.